The van der Waals surface area contributed by atoms with Crippen LogP contribution in [-0.4, -0.2) is 68.6 Å². The van der Waals surface area contributed by atoms with Crippen molar-refractivity contribution in [2.24, 2.45) is 0 Å². The summed E-state index contributed by atoms with van der Waals surface area (Å²) in [6.07, 6.45) is 4.74. The zero-order valence-electron chi connectivity index (χ0n) is 22.6. The summed E-state index contributed by atoms with van der Waals surface area (Å²) in [4.78, 5) is 28.1. The van der Waals surface area contributed by atoms with E-state index in [4.69, 9.17) is 5.11 Å². The van der Waals surface area contributed by atoms with E-state index in [0.29, 0.717) is 0 Å². The molecule has 204 valence electrons. The van der Waals surface area contributed by atoms with Crippen molar-refractivity contribution in [3.8, 4) is 11.3 Å². The number of anilines is 1. The van der Waals surface area contributed by atoms with Gasteiger partial charge in [0.1, 0.15) is 17.8 Å². The summed E-state index contributed by atoms with van der Waals surface area (Å²) < 4.78 is 0. The van der Waals surface area contributed by atoms with Gasteiger partial charge in [-0.1, -0.05) is 61.0 Å². The lowest BCUT2D eigenvalue weighted by molar-refractivity contribution is -0.137. The number of benzene rings is 2. The smallest absolute Gasteiger partial charge is 0.303 e. The van der Waals surface area contributed by atoms with Gasteiger partial charge in [0.05, 0.1) is 5.39 Å². The van der Waals surface area contributed by atoms with Crippen molar-refractivity contribution in [1.82, 2.24) is 24.8 Å². The number of carboxylic acids is 1. The molecule has 3 N–H and O–H groups in total. The molecular formula is C31H38N6O2. The normalized spacial score (nSPS) is 15.4. The molecule has 8 heteroatoms. The van der Waals surface area contributed by atoms with Crippen molar-refractivity contribution in [3.63, 3.8) is 0 Å². The Morgan fingerprint density at radius 1 is 0.974 bits per heavy atom. The predicted octanol–water partition coefficient (Wildman–Crippen LogP) is 5.56. The summed E-state index contributed by atoms with van der Waals surface area (Å²) in [5.41, 5.74) is 5.52. The quantitative estimate of drug-likeness (QED) is 0.208. The molecule has 1 aliphatic rings. The Morgan fingerprint density at radius 2 is 1.72 bits per heavy atom. The third-order valence-electron chi connectivity index (χ3n) is 7.58. The van der Waals surface area contributed by atoms with Gasteiger partial charge in [-0.15, -0.1) is 0 Å². The molecule has 0 saturated carbocycles. The standard InChI is InChI=1S/C31H38N6O2/c1-23(25-8-4-2-5-9-25)34-30-27-20-28(35-31(27)33-22-32-30)26-13-11-24(12-14-26)21-37-18-16-36(17-19-37)15-7-3-6-10-29(38)39/h2,4-5,8-9,11-14,20,22-23H,3,6-7,10,15-19,21H2,1H3,(H,38,39)(H2,32,33,34,35). The molecule has 2 aromatic carbocycles. The molecule has 39 heavy (non-hydrogen) atoms. The summed E-state index contributed by atoms with van der Waals surface area (Å²) in [7, 11) is 0. The van der Waals surface area contributed by atoms with Crippen LogP contribution in [0.1, 0.15) is 49.8 Å². The van der Waals surface area contributed by atoms with Crippen LogP contribution in [0.25, 0.3) is 22.3 Å². The molecule has 1 aliphatic heterocycles. The number of H-pyrrole nitrogens is 1. The molecule has 0 bridgehead atoms. The maximum absolute atomic E-state index is 10.6. The molecule has 1 saturated heterocycles. The number of aromatic nitrogens is 3. The average molecular weight is 527 g/mol. The first-order valence-electron chi connectivity index (χ1n) is 14.0. The van der Waals surface area contributed by atoms with Gasteiger partial charge < -0.3 is 20.3 Å². The van der Waals surface area contributed by atoms with Crippen molar-refractivity contribution in [1.29, 1.82) is 0 Å². The van der Waals surface area contributed by atoms with Crippen molar-refractivity contribution < 1.29 is 9.90 Å². The van der Waals surface area contributed by atoms with Crippen LogP contribution in [0.15, 0.2) is 67.0 Å². The van der Waals surface area contributed by atoms with E-state index in [1.807, 2.05) is 6.07 Å². The summed E-state index contributed by atoms with van der Waals surface area (Å²) in [6, 6.07) is 21.4. The summed E-state index contributed by atoms with van der Waals surface area (Å²) >= 11 is 0. The van der Waals surface area contributed by atoms with E-state index in [2.05, 4.69) is 91.6 Å². The van der Waals surface area contributed by atoms with Gasteiger partial charge in [0.15, 0.2) is 0 Å². The molecule has 0 aliphatic carbocycles. The molecule has 4 aromatic rings. The van der Waals surface area contributed by atoms with Gasteiger partial charge >= 0.3 is 5.97 Å². The highest BCUT2D eigenvalue weighted by atomic mass is 16.4. The highest BCUT2D eigenvalue weighted by molar-refractivity contribution is 5.91. The molecular weight excluding hydrogens is 488 g/mol. The number of nitrogens with zero attached hydrogens (tertiary/aromatic N) is 4. The lowest BCUT2D eigenvalue weighted by Gasteiger charge is -2.34. The first-order chi connectivity index (χ1) is 19.0. The molecule has 1 unspecified atom stereocenters. The number of hydrogen-bond donors (Lipinski definition) is 3. The first kappa shape index (κ1) is 26.8. The van der Waals surface area contributed by atoms with Crippen LogP contribution in [-0.2, 0) is 11.3 Å². The van der Waals surface area contributed by atoms with Crippen LogP contribution in [0.3, 0.4) is 0 Å². The van der Waals surface area contributed by atoms with Crippen LogP contribution in [0.2, 0.25) is 0 Å². The Balaban J connectivity index is 1.14. The van der Waals surface area contributed by atoms with Crippen LogP contribution in [0.5, 0.6) is 0 Å². The second-order valence-electron chi connectivity index (χ2n) is 10.5. The van der Waals surface area contributed by atoms with Gasteiger partial charge in [0.2, 0.25) is 0 Å². The predicted molar refractivity (Wildman–Crippen MR) is 156 cm³/mol. The number of carboxylic acid groups (broad SMARTS) is 1. The summed E-state index contributed by atoms with van der Waals surface area (Å²) in [5.74, 6) is 0.137. The van der Waals surface area contributed by atoms with Crippen molar-refractivity contribution >= 4 is 22.8 Å². The maximum Gasteiger partial charge on any atom is 0.303 e. The van der Waals surface area contributed by atoms with Crippen LogP contribution < -0.4 is 5.32 Å². The van der Waals surface area contributed by atoms with Crippen molar-refractivity contribution in [2.75, 3.05) is 38.0 Å². The van der Waals surface area contributed by atoms with Gasteiger partial charge in [0.25, 0.3) is 0 Å². The van der Waals surface area contributed by atoms with E-state index in [1.165, 1.54) is 11.1 Å². The molecule has 8 nitrogen and oxygen atoms in total. The Kier molecular flexibility index (Phi) is 8.85. The zero-order chi connectivity index (χ0) is 27.0. The molecule has 5 rings (SSSR count). The number of aromatic amines is 1. The first-order valence-corrected chi connectivity index (χ1v) is 14.0. The van der Waals surface area contributed by atoms with Crippen LogP contribution in [0.4, 0.5) is 5.82 Å². The number of aliphatic carboxylic acids is 1. The van der Waals surface area contributed by atoms with E-state index in [9.17, 15) is 4.79 Å². The third-order valence-corrected chi connectivity index (χ3v) is 7.58. The van der Waals surface area contributed by atoms with Gasteiger partial charge in [0, 0.05) is 50.9 Å². The second kappa shape index (κ2) is 12.9. The topological polar surface area (TPSA) is 97.4 Å². The van der Waals surface area contributed by atoms with E-state index in [0.717, 1.165) is 86.6 Å². The fraction of sp³-hybridized carbons (Fsp3) is 0.387. The number of rotatable bonds is 12. The Hall–Kier alpha value is -3.75. The number of piperazine rings is 1. The van der Waals surface area contributed by atoms with Gasteiger partial charge in [-0.05, 0) is 49.1 Å². The van der Waals surface area contributed by atoms with Crippen molar-refractivity contribution in [2.45, 2.75) is 45.2 Å². The molecule has 1 atom stereocenters. The largest absolute Gasteiger partial charge is 0.481 e. The third kappa shape index (κ3) is 7.22. The minimum Gasteiger partial charge on any atom is -0.481 e. The minimum absolute atomic E-state index is 0.132. The van der Waals surface area contributed by atoms with E-state index in [1.54, 1.807) is 6.33 Å². The SMILES string of the molecule is CC(Nc1ncnc2[nH]c(-c3ccc(CN4CCN(CCCCCC(=O)O)CC4)cc3)cc12)c1ccccc1. The fourth-order valence-corrected chi connectivity index (χ4v) is 5.25. The highest BCUT2D eigenvalue weighted by Crippen LogP contribution is 2.29. The molecule has 3 heterocycles. The highest BCUT2D eigenvalue weighted by Gasteiger charge is 2.17. The summed E-state index contributed by atoms with van der Waals surface area (Å²) in [6.45, 7) is 8.44. The summed E-state index contributed by atoms with van der Waals surface area (Å²) in [5, 5.41) is 13.3. The van der Waals surface area contributed by atoms with Gasteiger partial charge in [-0.3, -0.25) is 9.69 Å². The molecule has 0 radical (unpaired) electrons. The second-order valence-corrected chi connectivity index (χ2v) is 10.5. The average Bonchev–Trinajstić information content (AvgIpc) is 3.40. The lowest BCUT2D eigenvalue weighted by atomic mass is 10.1. The molecule has 0 amide bonds. The van der Waals surface area contributed by atoms with E-state index >= 15 is 0 Å². The number of nitrogens with one attached hydrogen (secondary N) is 2. The van der Waals surface area contributed by atoms with Gasteiger partial charge in [-0.2, -0.15) is 0 Å². The Morgan fingerprint density at radius 3 is 2.46 bits per heavy atom. The number of hydrogen-bond acceptors (Lipinski definition) is 6. The van der Waals surface area contributed by atoms with E-state index in [-0.39, 0.29) is 12.5 Å². The molecule has 1 fully saturated rings. The van der Waals surface area contributed by atoms with Gasteiger partial charge in [-0.25, -0.2) is 9.97 Å². The Bertz CT molecular complexity index is 1350. The number of fused-ring (bicyclic) bond motifs is 1. The minimum atomic E-state index is -0.692. The van der Waals surface area contributed by atoms with Crippen LogP contribution in [0, 0.1) is 0 Å². The van der Waals surface area contributed by atoms with Crippen molar-refractivity contribution in [3.05, 3.63) is 78.1 Å². The fourth-order valence-electron chi connectivity index (χ4n) is 5.25. The Labute approximate surface area is 230 Å². The molecule has 2 aromatic heterocycles. The lowest BCUT2D eigenvalue weighted by Crippen LogP contribution is -2.46. The van der Waals surface area contributed by atoms with E-state index < -0.39 is 5.97 Å². The zero-order valence-corrected chi connectivity index (χ0v) is 22.6. The van der Waals surface area contributed by atoms with Crippen LogP contribution >= 0.6 is 0 Å². The number of unbranched alkanes of at least 4 members (excludes halogenated alkanes) is 2. The maximum atomic E-state index is 10.6. The number of carbonyl (C=O) groups is 1. The monoisotopic (exact) mass is 526 g/mol. The molecule has 0 spiro atoms.